The van der Waals surface area contributed by atoms with E-state index < -0.39 is 29.8 Å². The van der Waals surface area contributed by atoms with E-state index in [-0.39, 0.29) is 49.4 Å². The van der Waals surface area contributed by atoms with Gasteiger partial charge in [-0.1, -0.05) is 32.4 Å². The molecule has 296 valence electrons. The molecule has 2 unspecified atom stereocenters. The molecule has 0 bridgehead atoms. The van der Waals surface area contributed by atoms with E-state index in [4.69, 9.17) is 5.73 Å². The first-order valence-corrected chi connectivity index (χ1v) is 18.7. The number of aryl methyl sites for hydroxylation is 1. The summed E-state index contributed by atoms with van der Waals surface area (Å²) in [6.07, 6.45) is 3.70. The van der Waals surface area contributed by atoms with Crippen LogP contribution in [-0.2, 0) is 36.6 Å². The van der Waals surface area contributed by atoms with Crippen molar-refractivity contribution >= 4 is 29.6 Å². The lowest BCUT2D eigenvalue weighted by Crippen LogP contribution is -2.49. The van der Waals surface area contributed by atoms with Crippen LogP contribution < -0.4 is 27.0 Å². The normalized spacial score (nSPS) is 12.6. The number of nitrogens with two attached hydrogens (primary N) is 1. The summed E-state index contributed by atoms with van der Waals surface area (Å²) in [4.78, 5) is 63.8. The van der Waals surface area contributed by atoms with Crippen molar-refractivity contribution in [2.75, 3.05) is 39.3 Å². The quantitative estimate of drug-likeness (QED) is 0.0657. The largest absolute Gasteiger partial charge is 0.480 e. The van der Waals surface area contributed by atoms with Gasteiger partial charge < -0.3 is 32.1 Å². The number of aliphatic carboxylic acids is 1. The lowest BCUT2D eigenvalue weighted by molar-refractivity contribution is -0.142. The van der Waals surface area contributed by atoms with E-state index in [9.17, 15) is 42.3 Å². The van der Waals surface area contributed by atoms with Crippen LogP contribution in [0.15, 0.2) is 24.3 Å². The number of rotatable bonds is 29. The summed E-state index contributed by atoms with van der Waals surface area (Å²) in [7, 11) is 0. The Balaban J connectivity index is 2.29. The van der Waals surface area contributed by atoms with Gasteiger partial charge in [0.25, 0.3) is 0 Å². The second-order valence-electron chi connectivity index (χ2n) is 13.1. The first kappa shape index (κ1) is 46.3. The monoisotopic (exact) mass is 742 g/mol. The SMILES string of the molecule is CCCN(CCC)CC(=O)NC(CCCCN)C(=O)NCCCCCC(=O)NC(CCCCNC(=O)CCCc1ccc(C(F)(F)F)cc1)C(=O)O. The molecule has 0 aliphatic carbocycles. The number of carbonyl (C=O) groups excluding carboxylic acids is 4. The van der Waals surface area contributed by atoms with Gasteiger partial charge in [0.1, 0.15) is 12.1 Å². The molecule has 0 aromatic heterocycles. The van der Waals surface area contributed by atoms with E-state index in [1.165, 1.54) is 12.1 Å². The number of carbonyl (C=O) groups is 5. The highest BCUT2D eigenvalue weighted by atomic mass is 19.4. The van der Waals surface area contributed by atoms with E-state index >= 15 is 0 Å². The Morgan fingerprint density at radius 3 is 1.92 bits per heavy atom. The summed E-state index contributed by atoms with van der Waals surface area (Å²) in [6.45, 7) is 7.22. The van der Waals surface area contributed by atoms with Crippen molar-refractivity contribution in [1.82, 2.24) is 26.2 Å². The summed E-state index contributed by atoms with van der Waals surface area (Å²) in [5, 5.41) is 20.6. The van der Waals surface area contributed by atoms with Crippen molar-refractivity contribution < 1.29 is 42.3 Å². The predicted octanol–water partition coefficient (Wildman–Crippen LogP) is 4.30. The molecule has 0 saturated carbocycles. The second kappa shape index (κ2) is 27.0. The van der Waals surface area contributed by atoms with Crippen LogP contribution in [0.5, 0.6) is 0 Å². The molecular weight excluding hydrogens is 681 g/mol. The number of carboxylic acid groups (broad SMARTS) is 1. The van der Waals surface area contributed by atoms with Gasteiger partial charge in [-0.25, -0.2) is 4.79 Å². The maximum absolute atomic E-state index is 12.9. The molecule has 12 nitrogen and oxygen atoms in total. The van der Waals surface area contributed by atoms with Gasteiger partial charge in [-0.3, -0.25) is 24.1 Å². The van der Waals surface area contributed by atoms with Crippen LogP contribution in [-0.4, -0.2) is 91.0 Å². The third kappa shape index (κ3) is 21.6. The van der Waals surface area contributed by atoms with Crippen LogP contribution in [0, 0.1) is 0 Å². The number of nitrogens with one attached hydrogen (secondary N) is 4. The number of carboxylic acids is 1. The number of benzene rings is 1. The van der Waals surface area contributed by atoms with Crippen molar-refractivity contribution in [3.05, 3.63) is 35.4 Å². The molecular formula is C37H61F3N6O6. The zero-order valence-corrected chi connectivity index (χ0v) is 31.0. The van der Waals surface area contributed by atoms with Crippen molar-refractivity contribution in [3.8, 4) is 0 Å². The molecule has 1 aromatic rings. The molecule has 0 saturated heterocycles. The number of halogens is 3. The van der Waals surface area contributed by atoms with E-state index in [2.05, 4.69) is 40.0 Å². The van der Waals surface area contributed by atoms with Crippen LogP contribution in [0.3, 0.4) is 0 Å². The number of unbranched alkanes of at least 4 members (excludes halogenated alkanes) is 4. The molecule has 0 aliphatic heterocycles. The smallest absolute Gasteiger partial charge is 0.416 e. The van der Waals surface area contributed by atoms with Gasteiger partial charge in [-0.2, -0.15) is 13.2 Å². The number of amides is 4. The van der Waals surface area contributed by atoms with E-state index in [1.807, 2.05) is 0 Å². The Morgan fingerprint density at radius 1 is 0.731 bits per heavy atom. The Hall–Kier alpha value is -3.72. The van der Waals surface area contributed by atoms with E-state index in [0.29, 0.717) is 83.0 Å². The fraction of sp³-hybridized carbons (Fsp3) is 0.703. The summed E-state index contributed by atoms with van der Waals surface area (Å²) < 4.78 is 38.1. The maximum atomic E-state index is 12.9. The van der Waals surface area contributed by atoms with Gasteiger partial charge in [-0.15, -0.1) is 0 Å². The summed E-state index contributed by atoms with van der Waals surface area (Å²) >= 11 is 0. The van der Waals surface area contributed by atoms with Crippen LogP contribution in [0.2, 0.25) is 0 Å². The number of hydrogen-bond donors (Lipinski definition) is 6. The predicted molar refractivity (Wildman–Crippen MR) is 194 cm³/mol. The fourth-order valence-corrected chi connectivity index (χ4v) is 5.66. The van der Waals surface area contributed by atoms with Crippen LogP contribution in [0.1, 0.15) is 115 Å². The topological polar surface area (TPSA) is 183 Å². The van der Waals surface area contributed by atoms with Crippen molar-refractivity contribution in [2.45, 2.75) is 128 Å². The van der Waals surface area contributed by atoms with E-state index in [0.717, 1.165) is 44.5 Å². The first-order chi connectivity index (χ1) is 24.8. The van der Waals surface area contributed by atoms with Crippen LogP contribution in [0.4, 0.5) is 13.2 Å². The van der Waals surface area contributed by atoms with Gasteiger partial charge in [-0.05, 0) is 114 Å². The van der Waals surface area contributed by atoms with Gasteiger partial charge in [0.15, 0.2) is 0 Å². The minimum Gasteiger partial charge on any atom is -0.480 e. The molecule has 1 rings (SSSR count). The second-order valence-corrected chi connectivity index (χ2v) is 13.1. The highest BCUT2D eigenvalue weighted by Crippen LogP contribution is 2.29. The highest BCUT2D eigenvalue weighted by Gasteiger charge is 2.30. The Morgan fingerprint density at radius 2 is 1.31 bits per heavy atom. The highest BCUT2D eigenvalue weighted by molar-refractivity contribution is 5.88. The van der Waals surface area contributed by atoms with Crippen LogP contribution in [0.25, 0.3) is 0 Å². The first-order valence-electron chi connectivity index (χ1n) is 18.7. The Kier molecular flexibility index (Phi) is 24.0. The molecule has 0 heterocycles. The lowest BCUT2D eigenvalue weighted by Gasteiger charge is -2.23. The third-order valence-electron chi connectivity index (χ3n) is 8.45. The average molecular weight is 743 g/mol. The summed E-state index contributed by atoms with van der Waals surface area (Å²) in [5.74, 6) is -2.14. The molecule has 2 atom stereocenters. The van der Waals surface area contributed by atoms with Gasteiger partial charge in [0.2, 0.25) is 23.6 Å². The molecule has 7 N–H and O–H groups in total. The molecule has 1 aromatic carbocycles. The number of alkyl halides is 3. The Labute approximate surface area is 306 Å². The lowest BCUT2D eigenvalue weighted by atomic mass is 10.1. The van der Waals surface area contributed by atoms with E-state index in [1.54, 1.807) is 0 Å². The average Bonchev–Trinajstić information content (AvgIpc) is 3.08. The Bertz CT molecular complexity index is 1200. The van der Waals surface area contributed by atoms with Gasteiger partial charge in [0.05, 0.1) is 12.1 Å². The zero-order chi connectivity index (χ0) is 38.8. The molecule has 52 heavy (non-hydrogen) atoms. The van der Waals surface area contributed by atoms with Crippen molar-refractivity contribution in [1.29, 1.82) is 0 Å². The molecule has 0 spiro atoms. The third-order valence-corrected chi connectivity index (χ3v) is 8.45. The molecule has 4 amide bonds. The maximum Gasteiger partial charge on any atom is 0.416 e. The minimum atomic E-state index is -4.39. The molecule has 15 heteroatoms. The van der Waals surface area contributed by atoms with Gasteiger partial charge >= 0.3 is 12.1 Å². The fourth-order valence-electron chi connectivity index (χ4n) is 5.66. The van der Waals surface area contributed by atoms with Crippen molar-refractivity contribution in [2.24, 2.45) is 5.73 Å². The number of nitrogens with zero attached hydrogens (tertiary/aromatic N) is 1. The standard InChI is InChI=1S/C37H61F3N6O6/c1-3-25-46(26-4-2)27-34(49)44-30(14-7-9-22-41)35(50)43-24-10-5-6-16-33(48)45-31(36(51)52)15-8-11-23-42-32(47)17-12-13-28-18-20-29(21-19-28)37(38,39)40/h18-21,30-31H,3-17,22-27,41H2,1-2H3,(H,42,47)(H,43,50)(H,44,49)(H,45,48)(H,51,52). The molecule has 0 fully saturated rings. The molecule has 0 aliphatic rings. The number of hydrogen-bond acceptors (Lipinski definition) is 7. The van der Waals surface area contributed by atoms with Crippen LogP contribution >= 0.6 is 0 Å². The molecule has 0 radical (unpaired) electrons. The minimum absolute atomic E-state index is 0.143. The zero-order valence-electron chi connectivity index (χ0n) is 31.0. The van der Waals surface area contributed by atoms with Crippen molar-refractivity contribution in [3.63, 3.8) is 0 Å². The summed E-state index contributed by atoms with van der Waals surface area (Å²) in [6, 6.07) is 3.17. The van der Waals surface area contributed by atoms with Gasteiger partial charge in [0, 0.05) is 25.9 Å². The summed E-state index contributed by atoms with van der Waals surface area (Å²) in [5.41, 5.74) is 5.61.